The summed E-state index contributed by atoms with van der Waals surface area (Å²) in [6.07, 6.45) is 0. The van der Waals surface area contributed by atoms with E-state index in [4.69, 9.17) is 0 Å². The molecule has 0 N–H and O–H groups in total. The Bertz CT molecular complexity index is 586. The molecule has 17 heavy (non-hydrogen) atoms. The molecule has 2 aromatic heterocycles. The van der Waals surface area contributed by atoms with Crippen molar-refractivity contribution in [3.05, 3.63) is 11.5 Å². The first-order chi connectivity index (χ1) is 8.11. The smallest absolute Gasteiger partial charge is 0.159 e. The zero-order chi connectivity index (χ0) is 12.2. The van der Waals surface area contributed by atoms with Gasteiger partial charge in [-0.2, -0.15) is 5.10 Å². The van der Waals surface area contributed by atoms with Gasteiger partial charge < -0.3 is 4.90 Å². The Hall–Kier alpha value is -1.65. The van der Waals surface area contributed by atoms with E-state index in [0.717, 1.165) is 41.5 Å². The number of hydrogen-bond acceptors (Lipinski definition) is 4. The molecule has 1 unspecified atom stereocenters. The highest BCUT2D eigenvalue weighted by molar-refractivity contribution is 5.89. The summed E-state index contributed by atoms with van der Waals surface area (Å²) in [5.41, 5.74) is 3.07. The molecule has 0 radical (unpaired) electrons. The number of rotatable bonds is 2. The van der Waals surface area contributed by atoms with Crippen LogP contribution in [-0.4, -0.2) is 32.3 Å². The van der Waals surface area contributed by atoms with Crippen LogP contribution in [0.3, 0.4) is 0 Å². The van der Waals surface area contributed by atoms with Crippen LogP contribution in [0.4, 0.5) is 5.82 Å². The van der Waals surface area contributed by atoms with Crippen LogP contribution < -0.4 is 4.90 Å². The third kappa shape index (κ3) is 1.49. The second-order valence-electron chi connectivity index (χ2n) is 4.69. The molecular formula is C12H17N5. The lowest BCUT2D eigenvalue weighted by molar-refractivity contribution is 0.675. The number of hydrogen-bond donors (Lipinski definition) is 0. The van der Waals surface area contributed by atoms with E-state index in [1.54, 1.807) is 0 Å². The highest BCUT2D eigenvalue weighted by Gasteiger charge is 2.33. The van der Waals surface area contributed by atoms with Crippen molar-refractivity contribution in [3.8, 4) is 0 Å². The first kappa shape index (κ1) is 10.5. The monoisotopic (exact) mass is 231 g/mol. The summed E-state index contributed by atoms with van der Waals surface area (Å²) in [5.74, 6) is 1.87. The fraction of sp³-hybridized carbons (Fsp3) is 0.583. The first-order valence-electron chi connectivity index (χ1n) is 6.10. The molecular weight excluding hydrogens is 214 g/mol. The van der Waals surface area contributed by atoms with Gasteiger partial charge in [-0.25, -0.2) is 9.97 Å². The van der Waals surface area contributed by atoms with Crippen LogP contribution in [0.25, 0.3) is 11.0 Å². The molecule has 0 saturated carbocycles. The second kappa shape index (κ2) is 3.42. The number of fused-ring (bicyclic) bond motifs is 1. The number of anilines is 1. The lowest BCUT2D eigenvalue weighted by Crippen LogP contribution is -2.06. The van der Waals surface area contributed by atoms with Crippen molar-refractivity contribution in [3.63, 3.8) is 0 Å². The molecule has 5 heteroatoms. The van der Waals surface area contributed by atoms with Crippen LogP contribution >= 0.6 is 0 Å². The average Bonchev–Trinajstić information content (AvgIpc) is 2.93. The van der Waals surface area contributed by atoms with Gasteiger partial charge in [0.2, 0.25) is 0 Å². The molecule has 3 heterocycles. The molecule has 1 aliphatic rings. The van der Waals surface area contributed by atoms with E-state index in [1.807, 2.05) is 18.5 Å². The predicted molar refractivity (Wildman–Crippen MR) is 67.3 cm³/mol. The van der Waals surface area contributed by atoms with E-state index < -0.39 is 0 Å². The Morgan fingerprint density at radius 1 is 1.29 bits per heavy atom. The maximum atomic E-state index is 4.59. The summed E-state index contributed by atoms with van der Waals surface area (Å²) < 4.78 is 2.00. The molecule has 0 aliphatic carbocycles. The van der Waals surface area contributed by atoms with Crippen molar-refractivity contribution < 1.29 is 0 Å². The van der Waals surface area contributed by atoms with E-state index in [0.29, 0.717) is 6.04 Å². The fourth-order valence-electron chi connectivity index (χ4n) is 2.28. The minimum atomic E-state index is 0.591. The number of nitrogens with zero attached hydrogens (tertiary/aromatic N) is 5. The number of aromatic nitrogens is 4. The fourth-order valence-corrected chi connectivity index (χ4v) is 2.28. The second-order valence-corrected chi connectivity index (χ2v) is 4.69. The van der Waals surface area contributed by atoms with Gasteiger partial charge in [-0.1, -0.05) is 0 Å². The largest absolute Gasteiger partial charge is 0.348 e. The summed E-state index contributed by atoms with van der Waals surface area (Å²) in [6, 6.07) is 0.591. The summed E-state index contributed by atoms with van der Waals surface area (Å²) in [4.78, 5) is 11.4. The van der Waals surface area contributed by atoms with Crippen molar-refractivity contribution in [2.24, 2.45) is 0 Å². The molecule has 0 amide bonds. The minimum absolute atomic E-state index is 0.591. The van der Waals surface area contributed by atoms with Crippen LogP contribution in [0.15, 0.2) is 0 Å². The normalized spacial score (nSPS) is 19.1. The van der Waals surface area contributed by atoms with E-state index in [9.17, 15) is 0 Å². The lowest BCUT2D eigenvalue weighted by Gasteiger charge is -2.08. The van der Waals surface area contributed by atoms with E-state index in [2.05, 4.69) is 33.8 Å². The van der Waals surface area contributed by atoms with E-state index in [-0.39, 0.29) is 0 Å². The van der Waals surface area contributed by atoms with Crippen molar-refractivity contribution in [2.75, 3.05) is 11.4 Å². The van der Waals surface area contributed by atoms with Crippen molar-refractivity contribution in [2.45, 2.75) is 40.3 Å². The van der Waals surface area contributed by atoms with Gasteiger partial charge in [0.15, 0.2) is 5.82 Å². The van der Waals surface area contributed by atoms with Gasteiger partial charge in [0.1, 0.15) is 16.9 Å². The molecule has 2 aromatic rings. The summed E-state index contributed by atoms with van der Waals surface area (Å²) in [5, 5.41) is 4.53. The standard InChI is InChI=1S/C12H17N5/c1-5-17-11-10(8(3)15-17)13-9(4)14-12(11)16-6-7(16)2/h7H,5-6H2,1-4H3. The van der Waals surface area contributed by atoms with Crippen LogP contribution in [0.1, 0.15) is 25.4 Å². The third-order valence-electron chi connectivity index (χ3n) is 3.28. The Balaban J connectivity index is 2.31. The van der Waals surface area contributed by atoms with Gasteiger partial charge in [-0.15, -0.1) is 0 Å². The summed E-state index contributed by atoms with van der Waals surface area (Å²) in [6.45, 7) is 10.2. The van der Waals surface area contributed by atoms with Gasteiger partial charge in [-0.05, 0) is 27.7 Å². The maximum Gasteiger partial charge on any atom is 0.159 e. The van der Waals surface area contributed by atoms with E-state index >= 15 is 0 Å². The molecule has 3 rings (SSSR count). The van der Waals surface area contributed by atoms with Crippen LogP contribution in [0.5, 0.6) is 0 Å². The molecule has 1 saturated heterocycles. The quantitative estimate of drug-likeness (QED) is 0.738. The molecule has 1 aliphatic heterocycles. The highest BCUT2D eigenvalue weighted by Crippen LogP contribution is 2.32. The Morgan fingerprint density at radius 2 is 2.00 bits per heavy atom. The summed E-state index contributed by atoms with van der Waals surface area (Å²) in [7, 11) is 0. The van der Waals surface area contributed by atoms with Gasteiger partial charge in [-0.3, -0.25) is 4.68 Å². The highest BCUT2D eigenvalue weighted by atomic mass is 15.4. The molecule has 1 atom stereocenters. The third-order valence-corrected chi connectivity index (χ3v) is 3.28. The zero-order valence-electron chi connectivity index (χ0n) is 10.7. The van der Waals surface area contributed by atoms with Gasteiger partial charge in [0.25, 0.3) is 0 Å². The maximum absolute atomic E-state index is 4.59. The summed E-state index contributed by atoms with van der Waals surface area (Å²) >= 11 is 0. The molecule has 5 nitrogen and oxygen atoms in total. The average molecular weight is 231 g/mol. The first-order valence-corrected chi connectivity index (χ1v) is 6.10. The molecule has 1 fully saturated rings. The van der Waals surface area contributed by atoms with Gasteiger partial charge >= 0.3 is 0 Å². The predicted octanol–water partition coefficient (Wildman–Crippen LogP) is 1.67. The molecule has 0 bridgehead atoms. The molecule has 90 valence electrons. The Labute approximate surface area is 100 Å². The Morgan fingerprint density at radius 3 is 2.59 bits per heavy atom. The van der Waals surface area contributed by atoms with Crippen molar-refractivity contribution in [1.82, 2.24) is 19.7 Å². The lowest BCUT2D eigenvalue weighted by atomic mass is 10.3. The van der Waals surface area contributed by atoms with E-state index in [1.165, 1.54) is 0 Å². The number of aryl methyl sites for hydroxylation is 3. The Kier molecular flexibility index (Phi) is 2.11. The van der Waals surface area contributed by atoms with Crippen LogP contribution in [0.2, 0.25) is 0 Å². The van der Waals surface area contributed by atoms with Crippen molar-refractivity contribution in [1.29, 1.82) is 0 Å². The van der Waals surface area contributed by atoms with Gasteiger partial charge in [0.05, 0.1) is 5.69 Å². The molecule has 0 spiro atoms. The molecule has 0 aromatic carbocycles. The zero-order valence-corrected chi connectivity index (χ0v) is 10.7. The van der Waals surface area contributed by atoms with Crippen LogP contribution in [0, 0.1) is 13.8 Å². The minimum Gasteiger partial charge on any atom is -0.348 e. The SMILES string of the molecule is CCn1nc(C)c2nc(C)nc(N3CC3C)c21. The van der Waals surface area contributed by atoms with Gasteiger partial charge in [0, 0.05) is 19.1 Å². The van der Waals surface area contributed by atoms with Crippen molar-refractivity contribution >= 4 is 16.9 Å². The topological polar surface area (TPSA) is 46.6 Å². The van der Waals surface area contributed by atoms with Crippen LogP contribution in [-0.2, 0) is 6.54 Å².